The lowest BCUT2D eigenvalue weighted by Crippen LogP contribution is -2.09. The van der Waals surface area contributed by atoms with Crippen molar-refractivity contribution in [1.82, 2.24) is 9.55 Å². The average Bonchev–Trinajstić information content (AvgIpc) is 3.23. The van der Waals surface area contributed by atoms with Crippen LogP contribution in [0.25, 0.3) is 5.00 Å². The van der Waals surface area contributed by atoms with Crippen LogP contribution < -0.4 is 4.74 Å². The van der Waals surface area contributed by atoms with Crippen molar-refractivity contribution >= 4 is 29.2 Å². The Morgan fingerprint density at radius 2 is 2.10 bits per heavy atom. The average molecular weight is 410 g/mol. The Hall–Kier alpha value is -2.93. The Balaban J connectivity index is 1.73. The number of hydrogen-bond donors (Lipinski definition) is 1. The van der Waals surface area contributed by atoms with Crippen LogP contribution in [0.15, 0.2) is 29.4 Å². The highest BCUT2D eigenvalue weighted by molar-refractivity contribution is 7.15. The summed E-state index contributed by atoms with van der Waals surface area (Å²) in [5, 5.41) is 10.7. The number of aliphatic imine (C=N–C) groups is 1. The summed E-state index contributed by atoms with van der Waals surface area (Å²) in [6.07, 6.45) is 7.47. The Morgan fingerprint density at radius 1 is 1.31 bits per heavy atom. The second kappa shape index (κ2) is 7.83. The van der Waals surface area contributed by atoms with E-state index in [1.165, 1.54) is 4.88 Å². The van der Waals surface area contributed by atoms with Crippen LogP contribution in [0.2, 0.25) is 0 Å². The number of fused-ring (bicyclic) bond motifs is 1. The van der Waals surface area contributed by atoms with Crippen LogP contribution in [0.3, 0.4) is 0 Å². The molecule has 0 spiro atoms. The van der Waals surface area contributed by atoms with Crippen LogP contribution in [-0.2, 0) is 12.8 Å². The lowest BCUT2D eigenvalue weighted by atomic mass is 9.95. The van der Waals surface area contributed by atoms with Crippen LogP contribution in [0.1, 0.15) is 50.6 Å². The molecule has 29 heavy (non-hydrogen) atoms. The van der Waals surface area contributed by atoms with E-state index in [9.17, 15) is 9.90 Å². The van der Waals surface area contributed by atoms with E-state index in [0.29, 0.717) is 11.4 Å². The van der Waals surface area contributed by atoms with Gasteiger partial charge in [0, 0.05) is 34.1 Å². The third kappa shape index (κ3) is 3.58. The maximum absolute atomic E-state index is 12.1. The van der Waals surface area contributed by atoms with Crippen LogP contribution in [-0.4, -0.2) is 34.0 Å². The molecule has 7 heteroatoms. The van der Waals surface area contributed by atoms with Crippen LogP contribution >= 0.6 is 11.3 Å². The predicted molar refractivity (Wildman–Crippen MR) is 115 cm³/mol. The van der Waals surface area contributed by atoms with E-state index < -0.39 is 5.97 Å². The maximum atomic E-state index is 12.1. The van der Waals surface area contributed by atoms with Crippen molar-refractivity contribution in [3.8, 4) is 10.9 Å². The molecule has 1 aliphatic carbocycles. The number of nitrogens with zero attached hydrogens (tertiary/aromatic N) is 3. The number of aryl methyl sites for hydroxylation is 2. The van der Waals surface area contributed by atoms with Crippen molar-refractivity contribution in [3.63, 3.8) is 0 Å². The number of rotatable bonds is 5. The van der Waals surface area contributed by atoms with Gasteiger partial charge in [0.05, 0.1) is 24.6 Å². The molecule has 3 aromatic rings. The predicted octanol–water partition coefficient (Wildman–Crippen LogP) is 4.89. The van der Waals surface area contributed by atoms with Gasteiger partial charge in [-0.25, -0.2) is 9.78 Å². The lowest BCUT2D eigenvalue weighted by Gasteiger charge is -2.11. The number of aromatic carboxylic acids is 1. The van der Waals surface area contributed by atoms with E-state index in [0.717, 1.165) is 58.9 Å². The number of carboxylic acids is 1. The summed E-state index contributed by atoms with van der Waals surface area (Å²) in [7, 11) is 1.58. The summed E-state index contributed by atoms with van der Waals surface area (Å²) in [6.45, 7) is 4.01. The number of ether oxygens (including phenoxy) is 1. The molecule has 0 atom stereocenters. The zero-order valence-corrected chi connectivity index (χ0v) is 17.5. The maximum Gasteiger partial charge on any atom is 0.339 e. The number of carbonyl (C=O) groups is 1. The Kier molecular flexibility index (Phi) is 5.24. The van der Waals surface area contributed by atoms with Crippen LogP contribution in [0.4, 0.5) is 5.69 Å². The van der Waals surface area contributed by atoms with Crippen molar-refractivity contribution in [3.05, 3.63) is 57.4 Å². The lowest BCUT2D eigenvalue weighted by molar-refractivity contribution is 0.0696. The van der Waals surface area contributed by atoms with Gasteiger partial charge in [-0.3, -0.25) is 4.99 Å². The van der Waals surface area contributed by atoms with Gasteiger partial charge in [-0.05, 0) is 57.2 Å². The molecule has 0 bridgehead atoms. The first-order chi connectivity index (χ1) is 14.0. The zero-order chi connectivity index (χ0) is 20.5. The highest BCUT2D eigenvalue weighted by Crippen LogP contribution is 2.38. The van der Waals surface area contributed by atoms with Gasteiger partial charge in [0.15, 0.2) is 0 Å². The van der Waals surface area contributed by atoms with Gasteiger partial charge in [-0.1, -0.05) is 0 Å². The molecule has 150 valence electrons. The van der Waals surface area contributed by atoms with Gasteiger partial charge >= 0.3 is 5.97 Å². The van der Waals surface area contributed by atoms with Crippen molar-refractivity contribution in [2.75, 3.05) is 7.11 Å². The number of thiophene rings is 1. The molecule has 0 unspecified atom stereocenters. The number of pyridine rings is 1. The van der Waals surface area contributed by atoms with Crippen molar-refractivity contribution in [1.29, 1.82) is 0 Å². The summed E-state index contributed by atoms with van der Waals surface area (Å²) >= 11 is 1.62. The molecule has 1 aliphatic rings. The van der Waals surface area contributed by atoms with Crippen molar-refractivity contribution in [2.24, 2.45) is 4.99 Å². The molecule has 0 aromatic carbocycles. The number of hydrogen-bond acceptors (Lipinski definition) is 5. The third-order valence-corrected chi connectivity index (χ3v) is 6.60. The van der Waals surface area contributed by atoms with Crippen molar-refractivity contribution < 1.29 is 14.6 Å². The van der Waals surface area contributed by atoms with Crippen LogP contribution in [0.5, 0.6) is 5.88 Å². The van der Waals surface area contributed by atoms with Crippen molar-refractivity contribution in [2.45, 2.75) is 39.5 Å². The highest BCUT2D eigenvalue weighted by atomic mass is 32.1. The Labute approximate surface area is 173 Å². The Bertz CT molecular complexity index is 1090. The van der Waals surface area contributed by atoms with Gasteiger partial charge in [-0.15, -0.1) is 11.3 Å². The SMILES string of the molecule is COc1ccc(N=Cc2cc(C)n(-c3sc4c(c3C(=O)O)CCCC4)c2C)cn1. The van der Waals surface area contributed by atoms with E-state index in [-0.39, 0.29) is 0 Å². The van der Waals surface area contributed by atoms with E-state index in [2.05, 4.69) is 14.5 Å². The minimum atomic E-state index is -0.841. The first-order valence-electron chi connectivity index (χ1n) is 9.61. The Morgan fingerprint density at radius 3 is 2.79 bits per heavy atom. The molecule has 3 heterocycles. The molecule has 0 saturated carbocycles. The second-order valence-corrected chi connectivity index (χ2v) is 8.26. The monoisotopic (exact) mass is 409 g/mol. The third-order valence-electron chi connectivity index (χ3n) is 5.32. The van der Waals surface area contributed by atoms with Gasteiger partial charge in [0.2, 0.25) is 5.88 Å². The minimum Gasteiger partial charge on any atom is -0.481 e. The molecule has 0 saturated heterocycles. The van der Waals surface area contributed by atoms with E-state index in [4.69, 9.17) is 4.74 Å². The number of aromatic nitrogens is 2. The van der Waals surface area contributed by atoms with Gasteiger partial charge < -0.3 is 14.4 Å². The van der Waals surface area contributed by atoms with Crippen LogP contribution in [0, 0.1) is 13.8 Å². The molecule has 6 nitrogen and oxygen atoms in total. The number of carboxylic acid groups (broad SMARTS) is 1. The topological polar surface area (TPSA) is 76.7 Å². The second-order valence-electron chi connectivity index (χ2n) is 7.18. The standard InChI is InChI=1S/C22H23N3O3S/c1-13-10-15(11-23-16-8-9-19(28-3)24-12-16)14(2)25(13)21-20(22(26)27)17-6-4-5-7-18(17)29-21/h8-12H,4-7H2,1-3H3,(H,26,27). The summed E-state index contributed by atoms with van der Waals surface area (Å²) in [5.41, 5.74) is 5.16. The molecular weight excluding hydrogens is 386 g/mol. The van der Waals surface area contributed by atoms with Gasteiger partial charge in [0.1, 0.15) is 5.00 Å². The fraction of sp³-hybridized carbons (Fsp3) is 0.318. The molecule has 0 radical (unpaired) electrons. The molecule has 0 aliphatic heterocycles. The van der Waals surface area contributed by atoms with E-state index in [1.54, 1.807) is 36.9 Å². The summed E-state index contributed by atoms with van der Waals surface area (Å²) in [5.74, 6) is -0.295. The first kappa shape index (κ1) is 19.4. The zero-order valence-electron chi connectivity index (χ0n) is 16.7. The summed E-state index contributed by atoms with van der Waals surface area (Å²) in [4.78, 5) is 22.0. The summed E-state index contributed by atoms with van der Waals surface area (Å²) in [6, 6.07) is 5.66. The molecule has 0 fully saturated rings. The van der Waals surface area contributed by atoms with Gasteiger partial charge in [-0.2, -0.15) is 0 Å². The fourth-order valence-corrected chi connectivity index (χ4v) is 5.37. The highest BCUT2D eigenvalue weighted by Gasteiger charge is 2.27. The molecule has 3 aromatic heterocycles. The molecule has 0 amide bonds. The first-order valence-corrected chi connectivity index (χ1v) is 10.4. The smallest absolute Gasteiger partial charge is 0.339 e. The quantitative estimate of drug-likeness (QED) is 0.609. The summed E-state index contributed by atoms with van der Waals surface area (Å²) < 4.78 is 7.13. The fourth-order valence-electron chi connectivity index (χ4n) is 3.87. The van der Waals surface area contributed by atoms with E-state index >= 15 is 0 Å². The molecule has 4 rings (SSSR count). The largest absolute Gasteiger partial charge is 0.481 e. The molecule has 1 N–H and O–H groups in total. The molecular formula is C22H23N3O3S. The minimum absolute atomic E-state index is 0.467. The van der Waals surface area contributed by atoms with E-state index in [1.807, 2.05) is 26.0 Å². The van der Waals surface area contributed by atoms with Gasteiger partial charge in [0.25, 0.3) is 0 Å². The number of methoxy groups -OCH3 is 1. The normalized spacial score (nSPS) is 13.6.